The van der Waals surface area contributed by atoms with Crippen LogP contribution in [0.2, 0.25) is 0 Å². The lowest BCUT2D eigenvalue weighted by atomic mass is 9.94. The zero-order valence-electron chi connectivity index (χ0n) is 19.3. The van der Waals surface area contributed by atoms with Gasteiger partial charge in [0.15, 0.2) is 0 Å². The van der Waals surface area contributed by atoms with Crippen molar-refractivity contribution in [2.45, 2.75) is 0 Å². The minimum absolute atomic E-state index is 0.813. The summed E-state index contributed by atoms with van der Waals surface area (Å²) in [6.07, 6.45) is 1.85. The summed E-state index contributed by atoms with van der Waals surface area (Å²) < 4.78 is 13.4. The molecule has 5 aromatic carbocycles. The normalized spacial score (nSPS) is 12.4. The maximum absolute atomic E-state index is 13.4. The van der Waals surface area contributed by atoms with Crippen molar-refractivity contribution in [1.82, 2.24) is 9.97 Å². The molecule has 170 valence electrons. The predicted molar refractivity (Wildman–Crippen MR) is 152 cm³/mol. The zero-order valence-corrected chi connectivity index (χ0v) is 20.3. The third-order valence-electron chi connectivity index (χ3n) is 6.86. The van der Waals surface area contributed by atoms with E-state index in [0.717, 1.165) is 65.2 Å². The molecule has 0 spiro atoms. The molecule has 0 fully saturated rings. The Hall–Kier alpha value is -4.33. The van der Waals surface area contributed by atoms with Gasteiger partial charge in [-0.2, -0.15) is 0 Å². The first-order chi connectivity index (χ1) is 17.8. The van der Waals surface area contributed by atoms with Crippen LogP contribution in [0.1, 0.15) is 0 Å². The van der Waals surface area contributed by atoms with Crippen molar-refractivity contribution < 1.29 is 4.57 Å². The average molecular weight is 481 g/mol. The van der Waals surface area contributed by atoms with Crippen LogP contribution in [0.3, 0.4) is 0 Å². The van der Waals surface area contributed by atoms with Gasteiger partial charge in [-0.1, -0.05) is 103 Å². The highest BCUT2D eigenvalue weighted by atomic mass is 31.1. The van der Waals surface area contributed by atoms with Crippen LogP contribution in [-0.4, -0.2) is 9.97 Å². The molecule has 0 radical (unpaired) electrons. The summed E-state index contributed by atoms with van der Waals surface area (Å²) in [5.41, 5.74) is 3.80. The van der Waals surface area contributed by atoms with Gasteiger partial charge in [0.1, 0.15) is 7.80 Å². The van der Waals surface area contributed by atoms with Crippen molar-refractivity contribution in [2.75, 3.05) is 0 Å². The van der Waals surface area contributed by atoms with E-state index in [9.17, 15) is 4.57 Å². The Morgan fingerprint density at radius 1 is 0.583 bits per heavy atom. The molecule has 1 atom stereocenters. The van der Waals surface area contributed by atoms with Crippen molar-refractivity contribution >= 4 is 61.8 Å². The van der Waals surface area contributed by atoms with Gasteiger partial charge in [0, 0.05) is 49.3 Å². The van der Waals surface area contributed by atoms with Gasteiger partial charge in [-0.15, -0.1) is 0 Å². The van der Waals surface area contributed by atoms with Crippen molar-refractivity contribution in [3.8, 4) is 11.3 Å². The Morgan fingerprint density at radius 2 is 1.31 bits per heavy atom. The maximum Gasteiger partial charge on any atom is 0.131 e. The molecule has 36 heavy (non-hydrogen) atoms. The SMILES string of the molecule is O=[PH](c1ccccc1)c1ccc2c(c1)nc(-c1ccccc1)c1ccc3ccc4cccnc4c3c12. The second kappa shape index (κ2) is 8.41. The smallest absolute Gasteiger partial charge is 0.131 e. The highest BCUT2D eigenvalue weighted by molar-refractivity contribution is 7.61. The van der Waals surface area contributed by atoms with Crippen LogP contribution in [0.25, 0.3) is 54.6 Å². The van der Waals surface area contributed by atoms with E-state index < -0.39 is 7.80 Å². The first kappa shape index (κ1) is 21.0. The molecule has 0 amide bonds. The van der Waals surface area contributed by atoms with E-state index in [1.54, 1.807) is 0 Å². The molecule has 0 saturated carbocycles. The Balaban J connectivity index is 1.62. The summed E-state index contributed by atoms with van der Waals surface area (Å²) in [5.74, 6) is 0. The molecule has 2 aromatic heterocycles. The largest absolute Gasteiger partial charge is 0.317 e. The van der Waals surface area contributed by atoms with Gasteiger partial charge in [0.25, 0.3) is 0 Å². The van der Waals surface area contributed by atoms with E-state index in [4.69, 9.17) is 9.97 Å². The number of aromatic nitrogens is 2. The van der Waals surface area contributed by atoms with E-state index in [2.05, 4.69) is 48.5 Å². The number of hydrogen-bond donors (Lipinski definition) is 0. The topological polar surface area (TPSA) is 42.9 Å². The molecule has 7 rings (SSSR count). The lowest BCUT2D eigenvalue weighted by molar-refractivity contribution is 0.598. The van der Waals surface area contributed by atoms with Gasteiger partial charge >= 0.3 is 0 Å². The predicted octanol–water partition coefficient (Wildman–Crippen LogP) is 7.27. The van der Waals surface area contributed by atoms with E-state index in [1.807, 2.05) is 72.9 Å². The van der Waals surface area contributed by atoms with Crippen LogP contribution in [0, 0.1) is 0 Å². The lowest BCUT2D eigenvalue weighted by Crippen LogP contribution is -2.06. The van der Waals surface area contributed by atoms with Crippen LogP contribution in [0.4, 0.5) is 0 Å². The van der Waals surface area contributed by atoms with Gasteiger partial charge in [-0.3, -0.25) is 4.98 Å². The summed E-state index contributed by atoms with van der Waals surface area (Å²) in [5, 5.41) is 8.30. The summed E-state index contributed by atoms with van der Waals surface area (Å²) in [4.78, 5) is 9.94. The second-order valence-electron chi connectivity index (χ2n) is 8.98. The van der Waals surface area contributed by atoms with E-state index in [0.29, 0.717) is 0 Å². The molecular weight excluding hydrogens is 459 g/mol. The molecule has 1 unspecified atom stereocenters. The summed E-state index contributed by atoms with van der Waals surface area (Å²) in [7, 11) is -2.14. The third kappa shape index (κ3) is 3.32. The molecule has 0 N–H and O–H groups in total. The quantitative estimate of drug-likeness (QED) is 0.197. The van der Waals surface area contributed by atoms with E-state index in [-0.39, 0.29) is 0 Å². The first-order valence-corrected chi connectivity index (χ1v) is 13.4. The van der Waals surface area contributed by atoms with E-state index >= 15 is 0 Å². The van der Waals surface area contributed by atoms with Crippen molar-refractivity contribution in [3.05, 3.63) is 121 Å². The molecule has 0 aliphatic rings. The monoisotopic (exact) mass is 480 g/mol. The van der Waals surface area contributed by atoms with Crippen LogP contribution in [-0.2, 0) is 4.57 Å². The standard InChI is InChI=1S/C32H21N2OP/c35-36(24-11-5-2-6-12-24)25-16-18-26-28(20-25)34-31(22-8-3-1-4-9-22)27-17-15-21-13-14-23-10-7-19-33-32(23)29(21)30(26)27/h1-20,36H. The van der Waals surface area contributed by atoms with Crippen LogP contribution >= 0.6 is 7.80 Å². The zero-order chi connectivity index (χ0) is 24.1. The number of hydrogen-bond acceptors (Lipinski definition) is 3. The lowest BCUT2D eigenvalue weighted by Gasteiger charge is -2.14. The molecule has 0 saturated heterocycles. The highest BCUT2D eigenvalue weighted by Crippen LogP contribution is 2.39. The number of rotatable bonds is 3. The van der Waals surface area contributed by atoms with Gasteiger partial charge < -0.3 is 4.57 Å². The fraction of sp³-hybridized carbons (Fsp3) is 0. The Kier molecular flexibility index (Phi) is 4.90. The molecule has 3 nitrogen and oxygen atoms in total. The molecule has 0 aliphatic heterocycles. The van der Waals surface area contributed by atoms with Gasteiger partial charge in [0.05, 0.1) is 16.7 Å². The molecule has 0 aliphatic carbocycles. The summed E-state index contributed by atoms with van der Waals surface area (Å²) in [6, 6.07) is 38.7. The fourth-order valence-corrected chi connectivity index (χ4v) is 6.49. The molecule has 7 aromatic rings. The Labute approximate surface area is 208 Å². The minimum atomic E-state index is -2.14. The number of benzene rings is 5. The van der Waals surface area contributed by atoms with Crippen molar-refractivity contribution in [1.29, 1.82) is 0 Å². The molecule has 0 bridgehead atoms. The number of fused-ring (bicyclic) bond motifs is 7. The van der Waals surface area contributed by atoms with Crippen LogP contribution in [0.15, 0.2) is 121 Å². The van der Waals surface area contributed by atoms with Gasteiger partial charge in [-0.25, -0.2) is 4.98 Å². The Morgan fingerprint density at radius 3 is 2.14 bits per heavy atom. The number of pyridine rings is 2. The van der Waals surface area contributed by atoms with E-state index in [1.165, 1.54) is 0 Å². The van der Waals surface area contributed by atoms with Gasteiger partial charge in [-0.05, 0) is 17.5 Å². The number of nitrogens with zero attached hydrogens (tertiary/aromatic N) is 2. The highest BCUT2D eigenvalue weighted by Gasteiger charge is 2.17. The van der Waals surface area contributed by atoms with Crippen LogP contribution < -0.4 is 10.6 Å². The second-order valence-corrected chi connectivity index (χ2v) is 10.8. The molecular formula is C32H21N2OP. The third-order valence-corrected chi connectivity index (χ3v) is 8.55. The average Bonchev–Trinajstić information content (AvgIpc) is 2.96. The van der Waals surface area contributed by atoms with Crippen molar-refractivity contribution in [2.24, 2.45) is 0 Å². The maximum atomic E-state index is 13.4. The minimum Gasteiger partial charge on any atom is -0.317 e. The van der Waals surface area contributed by atoms with Crippen molar-refractivity contribution in [3.63, 3.8) is 0 Å². The van der Waals surface area contributed by atoms with Gasteiger partial charge in [0.2, 0.25) is 0 Å². The van der Waals surface area contributed by atoms with Crippen LogP contribution in [0.5, 0.6) is 0 Å². The Bertz CT molecular complexity index is 1950. The first-order valence-electron chi connectivity index (χ1n) is 12.0. The molecule has 4 heteroatoms. The molecule has 2 heterocycles. The fourth-order valence-electron chi connectivity index (χ4n) is 5.16. The summed E-state index contributed by atoms with van der Waals surface area (Å²) in [6.45, 7) is 0. The summed E-state index contributed by atoms with van der Waals surface area (Å²) >= 11 is 0.